The van der Waals surface area contributed by atoms with Crippen LogP contribution in [0.3, 0.4) is 0 Å². The molecule has 138 valence electrons. The third kappa shape index (κ3) is 3.84. The van der Waals surface area contributed by atoms with Crippen molar-refractivity contribution in [2.24, 2.45) is 0 Å². The van der Waals surface area contributed by atoms with Crippen LogP contribution in [0.15, 0.2) is 54.9 Å². The van der Waals surface area contributed by atoms with Crippen LogP contribution >= 0.6 is 11.5 Å². The van der Waals surface area contributed by atoms with E-state index in [1.165, 1.54) is 17.1 Å². The van der Waals surface area contributed by atoms with Gasteiger partial charge in [-0.3, -0.25) is 14.7 Å². The van der Waals surface area contributed by atoms with Crippen LogP contribution in [0.5, 0.6) is 0 Å². The minimum Gasteiger partial charge on any atom is -0.396 e. The Labute approximate surface area is 162 Å². The van der Waals surface area contributed by atoms with Crippen LogP contribution in [0.25, 0.3) is 11.3 Å². The average Bonchev–Trinajstić information content (AvgIpc) is 3.11. The van der Waals surface area contributed by atoms with Crippen LogP contribution in [0.4, 0.5) is 5.69 Å². The van der Waals surface area contributed by atoms with E-state index in [-0.39, 0.29) is 5.91 Å². The molecule has 0 saturated carbocycles. The molecule has 0 radical (unpaired) electrons. The van der Waals surface area contributed by atoms with E-state index in [2.05, 4.69) is 38.5 Å². The van der Waals surface area contributed by atoms with E-state index in [0.29, 0.717) is 29.3 Å². The number of nitrogen functional groups attached to an aromatic ring is 1. The van der Waals surface area contributed by atoms with E-state index < -0.39 is 0 Å². The van der Waals surface area contributed by atoms with Gasteiger partial charge in [-0.15, -0.1) is 0 Å². The molecule has 1 amide bonds. The van der Waals surface area contributed by atoms with Gasteiger partial charge in [-0.1, -0.05) is 30.3 Å². The monoisotopic (exact) mass is 379 g/mol. The molecule has 1 aliphatic rings. The van der Waals surface area contributed by atoms with Crippen molar-refractivity contribution in [3.05, 3.63) is 65.3 Å². The maximum Gasteiger partial charge on any atom is 0.267 e. The molecule has 2 N–H and O–H groups in total. The largest absolute Gasteiger partial charge is 0.396 e. The molecule has 0 aliphatic carbocycles. The molecule has 3 aromatic rings. The molecule has 1 aromatic carbocycles. The Kier molecular flexibility index (Phi) is 5.13. The maximum atomic E-state index is 12.9. The van der Waals surface area contributed by atoms with E-state index >= 15 is 0 Å². The predicted octanol–water partition coefficient (Wildman–Crippen LogP) is 2.75. The van der Waals surface area contributed by atoms with E-state index in [4.69, 9.17) is 5.73 Å². The van der Waals surface area contributed by atoms with Gasteiger partial charge in [-0.25, -0.2) is 0 Å². The number of hydrogen-bond donors (Lipinski definition) is 1. The van der Waals surface area contributed by atoms with E-state index in [0.717, 1.165) is 25.2 Å². The Bertz CT molecular complexity index is 905. The number of piperazine rings is 1. The van der Waals surface area contributed by atoms with Crippen LogP contribution in [-0.4, -0.2) is 51.2 Å². The second-order valence-corrected chi connectivity index (χ2v) is 7.34. The number of nitrogens with zero attached hydrogens (tertiary/aromatic N) is 4. The molecule has 27 heavy (non-hydrogen) atoms. The highest BCUT2D eigenvalue weighted by Gasteiger charge is 2.26. The van der Waals surface area contributed by atoms with Crippen LogP contribution in [0, 0.1) is 0 Å². The van der Waals surface area contributed by atoms with E-state index in [1.807, 2.05) is 23.1 Å². The summed E-state index contributed by atoms with van der Waals surface area (Å²) in [5.41, 5.74) is 9.54. The predicted molar refractivity (Wildman–Crippen MR) is 107 cm³/mol. The molecule has 0 bridgehead atoms. The van der Waals surface area contributed by atoms with E-state index in [1.54, 1.807) is 12.4 Å². The lowest BCUT2D eigenvalue weighted by Gasteiger charge is -2.34. The lowest BCUT2D eigenvalue weighted by Crippen LogP contribution is -2.48. The number of nitrogens with two attached hydrogens (primary N) is 1. The fourth-order valence-electron chi connectivity index (χ4n) is 3.26. The molecule has 3 heterocycles. The van der Waals surface area contributed by atoms with Gasteiger partial charge in [0, 0.05) is 50.7 Å². The van der Waals surface area contributed by atoms with Gasteiger partial charge in [0.05, 0.1) is 5.69 Å². The molecule has 6 nitrogen and oxygen atoms in total. The molecular formula is C20H21N5OS. The van der Waals surface area contributed by atoms with Gasteiger partial charge < -0.3 is 10.6 Å². The number of rotatable bonds is 4. The number of aromatic nitrogens is 2. The van der Waals surface area contributed by atoms with Crippen molar-refractivity contribution < 1.29 is 4.79 Å². The standard InChI is InChI=1S/C20H21N5OS/c21-17-18(16-6-8-22-9-7-16)23-27-19(17)20(26)25-12-10-24(11-13-25)14-15-4-2-1-3-5-15/h1-9H,10-14,21H2. The van der Waals surface area contributed by atoms with Gasteiger partial charge in [0.25, 0.3) is 5.91 Å². The Morgan fingerprint density at radius 2 is 1.74 bits per heavy atom. The average molecular weight is 379 g/mol. The van der Waals surface area contributed by atoms with Crippen LogP contribution in [0.1, 0.15) is 15.2 Å². The van der Waals surface area contributed by atoms with Gasteiger partial charge >= 0.3 is 0 Å². The van der Waals surface area contributed by atoms with E-state index in [9.17, 15) is 4.79 Å². The Morgan fingerprint density at radius 1 is 1.04 bits per heavy atom. The summed E-state index contributed by atoms with van der Waals surface area (Å²) >= 11 is 1.18. The highest BCUT2D eigenvalue weighted by atomic mass is 32.1. The Balaban J connectivity index is 1.41. The highest BCUT2D eigenvalue weighted by Crippen LogP contribution is 2.31. The summed E-state index contributed by atoms with van der Waals surface area (Å²) in [6.45, 7) is 4.03. The van der Waals surface area contributed by atoms with Crippen LogP contribution in [0.2, 0.25) is 0 Å². The molecule has 1 saturated heterocycles. The molecule has 1 aliphatic heterocycles. The summed E-state index contributed by atoms with van der Waals surface area (Å²) in [6, 6.07) is 14.1. The van der Waals surface area contributed by atoms with Gasteiger partial charge in [0.2, 0.25) is 0 Å². The van der Waals surface area contributed by atoms with Gasteiger partial charge in [-0.2, -0.15) is 4.37 Å². The Morgan fingerprint density at radius 3 is 2.44 bits per heavy atom. The Hall–Kier alpha value is -2.77. The van der Waals surface area contributed by atoms with Gasteiger partial charge in [0.1, 0.15) is 10.6 Å². The first kappa shape index (κ1) is 17.6. The molecule has 2 aromatic heterocycles. The van der Waals surface area contributed by atoms with Crippen molar-refractivity contribution in [2.75, 3.05) is 31.9 Å². The number of amides is 1. The van der Waals surface area contributed by atoms with Crippen molar-refractivity contribution in [1.82, 2.24) is 19.2 Å². The summed E-state index contributed by atoms with van der Waals surface area (Å²) in [5, 5.41) is 0. The third-order valence-electron chi connectivity index (χ3n) is 4.78. The normalized spacial score (nSPS) is 15.0. The van der Waals surface area contributed by atoms with Crippen LogP contribution < -0.4 is 5.73 Å². The van der Waals surface area contributed by atoms with Gasteiger partial charge in [-0.05, 0) is 29.2 Å². The maximum absolute atomic E-state index is 12.9. The molecule has 1 fully saturated rings. The third-order valence-corrected chi connectivity index (χ3v) is 5.64. The summed E-state index contributed by atoms with van der Waals surface area (Å²) in [7, 11) is 0. The van der Waals surface area contributed by atoms with Crippen LogP contribution in [-0.2, 0) is 6.54 Å². The molecule has 0 unspecified atom stereocenters. The second kappa shape index (κ2) is 7.85. The molecule has 0 spiro atoms. The highest BCUT2D eigenvalue weighted by molar-refractivity contribution is 7.09. The number of carbonyl (C=O) groups excluding carboxylic acids is 1. The lowest BCUT2D eigenvalue weighted by molar-refractivity contribution is 0.0634. The first-order valence-corrected chi connectivity index (χ1v) is 9.71. The summed E-state index contributed by atoms with van der Waals surface area (Å²) in [6.07, 6.45) is 3.39. The molecule has 0 atom stereocenters. The zero-order valence-corrected chi connectivity index (χ0v) is 15.7. The number of anilines is 1. The number of carbonyl (C=O) groups is 1. The smallest absolute Gasteiger partial charge is 0.267 e. The second-order valence-electron chi connectivity index (χ2n) is 6.56. The zero-order valence-electron chi connectivity index (χ0n) is 14.9. The topological polar surface area (TPSA) is 75.3 Å². The van der Waals surface area contributed by atoms with Gasteiger partial charge in [0.15, 0.2) is 0 Å². The minimum absolute atomic E-state index is 0.0235. The van der Waals surface area contributed by atoms with Crippen molar-refractivity contribution in [3.8, 4) is 11.3 Å². The number of pyridine rings is 1. The first-order valence-electron chi connectivity index (χ1n) is 8.93. The summed E-state index contributed by atoms with van der Waals surface area (Å²) in [4.78, 5) is 21.7. The lowest BCUT2D eigenvalue weighted by atomic mass is 10.1. The molecule has 7 heteroatoms. The van der Waals surface area contributed by atoms with Crippen molar-refractivity contribution in [1.29, 1.82) is 0 Å². The molecular weight excluding hydrogens is 358 g/mol. The zero-order chi connectivity index (χ0) is 18.6. The molecule has 4 rings (SSSR count). The van der Waals surface area contributed by atoms with Crippen molar-refractivity contribution >= 4 is 23.1 Å². The van der Waals surface area contributed by atoms with Crippen molar-refractivity contribution in [3.63, 3.8) is 0 Å². The number of hydrogen-bond acceptors (Lipinski definition) is 6. The minimum atomic E-state index is -0.0235. The summed E-state index contributed by atoms with van der Waals surface area (Å²) < 4.78 is 4.40. The van der Waals surface area contributed by atoms with Crippen molar-refractivity contribution in [2.45, 2.75) is 6.54 Å². The fraction of sp³-hybridized carbons (Fsp3) is 0.250. The first-order chi connectivity index (χ1) is 13.2. The summed E-state index contributed by atoms with van der Waals surface area (Å²) in [5.74, 6) is -0.0235. The SMILES string of the molecule is Nc1c(-c2ccncc2)nsc1C(=O)N1CCN(Cc2ccccc2)CC1. The fourth-order valence-corrected chi connectivity index (χ4v) is 4.05. The number of benzene rings is 1. The quantitative estimate of drug-likeness (QED) is 0.754.